The highest BCUT2D eigenvalue weighted by atomic mass is 127. The third-order valence-electron chi connectivity index (χ3n) is 4.64. The van der Waals surface area contributed by atoms with Gasteiger partial charge in [0.1, 0.15) is 0 Å². The maximum atomic E-state index is 4.45. The van der Waals surface area contributed by atoms with Crippen molar-refractivity contribution in [3.05, 3.63) is 48.3 Å². The highest BCUT2D eigenvalue weighted by Crippen LogP contribution is 2.26. The Balaban J connectivity index is 0.00000243. The summed E-state index contributed by atoms with van der Waals surface area (Å²) in [6.45, 7) is 3.92. The lowest BCUT2D eigenvalue weighted by atomic mass is 10.0. The SMILES string of the molecule is CN=C(NCCCNc1ccccc1)N1CCC(c2cnn(C)c2)C1.I. The van der Waals surface area contributed by atoms with Crippen molar-refractivity contribution in [3.8, 4) is 0 Å². The summed E-state index contributed by atoms with van der Waals surface area (Å²) in [5.41, 5.74) is 2.50. The first-order valence-electron chi connectivity index (χ1n) is 8.99. The summed E-state index contributed by atoms with van der Waals surface area (Å²) in [6, 6.07) is 10.3. The van der Waals surface area contributed by atoms with E-state index in [0.29, 0.717) is 5.92 Å². The summed E-state index contributed by atoms with van der Waals surface area (Å²) in [6.07, 6.45) is 6.31. The number of halogens is 1. The number of anilines is 1. The maximum absolute atomic E-state index is 4.45. The van der Waals surface area contributed by atoms with E-state index in [1.165, 1.54) is 11.3 Å². The van der Waals surface area contributed by atoms with Gasteiger partial charge in [0.15, 0.2) is 5.96 Å². The number of likely N-dealkylation sites (tertiary alicyclic amines) is 1. The lowest BCUT2D eigenvalue weighted by Gasteiger charge is -2.21. The minimum atomic E-state index is 0. The van der Waals surface area contributed by atoms with Crippen molar-refractivity contribution in [1.29, 1.82) is 0 Å². The van der Waals surface area contributed by atoms with Crippen LogP contribution in [-0.2, 0) is 7.05 Å². The minimum absolute atomic E-state index is 0. The van der Waals surface area contributed by atoms with Crippen LogP contribution in [0.5, 0.6) is 0 Å². The molecule has 0 amide bonds. The Labute approximate surface area is 173 Å². The number of nitrogens with zero attached hydrogens (tertiary/aromatic N) is 4. The standard InChI is InChI=1S/C19H28N6.HI/c1-20-19(22-11-6-10-21-18-7-4-3-5-8-18)25-12-9-16(15-25)17-13-23-24(2)14-17;/h3-5,7-8,13-14,16,21H,6,9-12,15H2,1-2H3,(H,20,22);1H. The second kappa shape index (κ2) is 10.4. The van der Waals surface area contributed by atoms with Crippen molar-refractivity contribution in [3.63, 3.8) is 0 Å². The lowest BCUT2D eigenvalue weighted by molar-refractivity contribution is 0.485. The Morgan fingerprint density at radius 1 is 1.27 bits per heavy atom. The molecule has 1 aliphatic heterocycles. The van der Waals surface area contributed by atoms with Crippen LogP contribution in [0.3, 0.4) is 0 Å². The molecule has 0 bridgehead atoms. The molecule has 2 aromatic rings. The summed E-state index contributed by atoms with van der Waals surface area (Å²) < 4.78 is 1.88. The van der Waals surface area contributed by atoms with E-state index in [1.807, 2.05) is 31.0 Å². The number of aryl methyl sites for hydroxylation is 1. The molecule has 1 aromatic heterocycles. The first-order valence-corrected chi connectivity index (χ1v) is 8.99. The predicted molar refractivity (Wildman–Crippen MR) is 118 cm³/mol. The molecule has 6 nitrogen and oxygen atoms in total. The molecule has 1 atom stereocenters. The van der Waals surface area contributed by atoms with Crippen LogP contribution in [0.25, 0.3) is 0 Å². The van der Waals surface area contributed by atoms with E-state index >= 15 is 0 Å². The molecule has 0 saturated carbocycles. The van der Waals surface area contributed by atoms with Gasteiger partial charge in [0.05, 0.1) is 6.20 Å². The number of aliphatic imine (C=N–C) groups is 1. The second-order valence-electron chi connectivity index (χ2n) is 6.50. The Kier molecular flexibility index (Phi) is 8.21. The predicted octanol–water partition coefficient (Wildman–Crippen LogP) is 2.91. The van der Waals surface area contributed by atoms with Crippen molar-refractivity contribution < 1.29 is 0 Å². The fraction of sp³-hybridized carbons (Fsp3) is 0.474. The van der Waals surface area contributed by atoms with Gasteiger partial charge in [-0.25, -0.2) is 0 Å². The molecule has 3 rings (SSSR count). The van der Waals surface area contributed by atoms with E-state index in [-0.39, 0.29) is 24.0 Å². The average Bonchev–Trinajstić information content (AvgIpc) is 3.28. The topological polar surface area (TPSA) is 57.5 Å². The van der Waals surface area contributed by atoms with E-state index in [2.05, 4.69) is 56.1 Å². The Hall–Kier alpha value is -1.77. The van der Waals surface area contributed by atoms with Crippen molar-refractivity contribution >= 4 is 35.6 Å². The van der Waals surface area contributed by atoms with Gasteiger partial charge in [-0.2, -0.15) is 5.10 Å². The minimum Gasteiger partial charge on any atom is -0.385 e. The summed E-state index contributed by atoms with van der Waals surface area (Å²) in [5, 5.41) is 11.2. The molecule has 0 spiro atoms. The number of benzene rings is 1. The molecule has 2 heterocycles. The van der Waals surface area contributed by atoms with E-state index in [9.17, 15) is 0 Å². The number of nitrogens with one attached hydrogen (secondary N) is 2. The maximum Gasteiger partial charge on any atom is 0.193 e. The number of para-hydroxylation sites is 1. The Bertz CT molecular complexity index is 684. The lowest BCUT2D eigenvalue weighted by Crippen LogP contribution is -2.40. The fourth-order valence-electron chi connectivity index (χ4n) is 3.29. The number of hydrogen-bond donors (Lipinski definition) is 2. The van der Waals surface area contributed by atoms with Crippen molar-refractivity contribution in [1.82, 2.24) is 20.0 Å². The number of aromatic nitrogens is 2. The molecule has 1 unspecified atom stereocenters. The second-order valence-corrected chi connectivity index (χ2v) is 6.50. The van der Waals surface area contributed by atoms with Crippen LogP contribution in [0.1, 0.15) is 24.3 Å². The third-order valence-corrected chi connectivity index (χ3v) is 4.64. The number of hydrogen-bond acceptors (Lipinski definition) is 3. The van der Waals surface area contributed by atoms with E-state index < -0.39 is 0 Å². The molecule has 1 fully saturated rings. The van der Waals surface area contributed by atoms with E-state index in [1.54, 1.807) is 0 Å². The molecular weight excluding hydrogens is 439 g/mol. The van der Waals surface area contributed by atoms with Gasteiger partial charge in [0, 0.05) is 58.1 Å². The third kappa shape index (κ3) is 5.62. The molecule has 1 aliphatic rings. The summed E-state index contributed by atoms with van der Waals surface area (Å²) in [7, 11) is 3.84. The summed E-state index contributed by atoms with van der Waals surface area (Å²) in [5.74, 6) is 1.55. The molecule has 1 aromatic carbocycles. The molecule has 0 radical (unpaired) electrons. The zero-order valence-corrected chi connectivity index (χ0v) is 17.9. The first-order chi connectivity index (χ1) is 12.3. The van der Waals surface area contributed by atoms with Crippen LogP contribution in [-0.4, -0.2) is 53.9 Å². The molecule has 7 heteroatoms. The van der Waals surface area contributed by atoms with Crippen LogP contribution in [0, 0.1) is 0 Å². The zero-order chi connectivity index (χ0) is 17.5. The monoisotopic (exact) mass is 468 g/mol. The van der Waals surface area contributed by atoms with Crippen LogP contribution in [0.15, 0.2) is 47.7 Å². The largest absolute Gasteiger partial charge is 0.385 e. The van der Waals surface area contributed by atoms with Crippen molar-refractivity contribution in [2.24, 2.45) is 12.0 Å². The van der Waals surface area contributed by atoms with Crippen molar-refractivity contribution in [2.45, 2.75) is 18.8 Å². The fourth-order valence-corrected chi connectivity index (χ4v) is 3.29. The van der Waals surface area contributed by atoms with Crippen molar-refractivity contribution in [2.75, 3.05) is 38.5 Å². The molecule has 1 saturated heterocycles. The van der Waals surface area contributed by atoms with Crippen LogP contribution in [0.4, 0.5) is 5.69 Å². The van der Waals surface area contributed by atoms with Crippen LogP contribution >= 0.6 is 24.0 Å². The highest BCUT2D eigenvalue weighted by molar-refractivity contribution is 14.0. The Morgan fingerprint density at radius 2 is 2.08 bits per heavy atom. The highest BCUT2D eigenvalue weighted by Gasteiger charge is 2.26. The molecule has 2 N–H and O–H groups in total. The van der Waals surface area contributed by atoms with Crippen LogP contribution < -0.4 is 10.6 Å². The van der Waals surface area contributed by atoms with E-state index in [4.69, 9.17) is 0 Å². The van der Waals surface area contributed by atoms with Gasteiger partial charge in [-0.1, -0.05) is 18.2 Å². The van der Waals surface area contributed by atoms with Crippen LogP contribution in [0.2, 0.25) is 0 Å². The smallest absolute Gasteiger partial charge is 0.193 e. The number of guanidine groups is 1. The van der Waals surface area contributed by atoms with Gasteiger partial charge in [-0.3, -0.25) is 9.67 Å². The molecule has 142 valence electrons. The molecule has 26 heavy (non-hydrogen) atoms. The van der Waals surface area contributed by atoms with Gasteiger partial charge in [-0.05, 0) is 30.5 Å². The van der Waals surface area contributed by atoms with Gasteiger partial charge >= 0.3 is 0 Å². The normalized spacial score (nSPS) is 17.1. The van der Waals surface area contributed by atoms with Gasteiger partial charge in [0.2, 0.25) is 0 Å². The zero-order valence-electron chi connectivity index (χ0n) is 15.6. The van der Waals surface area contributed by atoms with Gasteiger partial charge < -0.3 is 15.5 Å². The van der Waals surface area contributed by atoms with Gasteiger partial charge in [0.25, 0.3) is 0 Å². The van der Waals surface area contributed by atoms with Gasteiger partial charge in [-0.15, -0.1) is 24.0 Å². The molecular formula is C19H29IN6. The summed E-state index contributed by atoms with van der Waals surface area (Å²) in [4.78, 5) is 6.80. The number of rotatable bonds is 6. The molecule has 0 aliphatic carbocycles. The quantitative estimate of drug-likeness (QED) is 0.296. The first kappa shape index (κ1) is 20.5. The Morgan fingerprint density at radius 3 is 2.77 bits per heavy atom. The van der Waals surface area contributed by atoms with E-state index in [0.717, 1.165) is 45.0 Å². The average molecular weight is 468 g/mol. The summed E-state index contributed by atoms with van der Waals surface area (Å²) >= 11 is 0.